The van der Waals surface area contributed by atoms with Crippen molar-refractivity contribution in [3.05, 3.63) is 35.8 Å². The summed E-state index contributed by atoms with van der Waals surface area (Å²) in [6.07, 6.45) is 4.27. The number of carbonyl (C=O) groups excluding carboxylic acids is 1. The highest BCUT2D eigenvalue weighted by atomic mass is 19.1. The Bertz CT molecular complexity index is 562. The molecule has 0 saturated heterocycles. The first-order valence-electron chi connectivity index (χ1n) is 6.63. The zero-order valence-electron chi connectivity index (χ0n) is 10.8. The summed E-state index contributed by atoms with van der Waals surface area (Å²) in [5.41, 5.74) is 5.56. The number of hydrogen-bond acceptors (Lipinski definition) is 3. The summed E-state index contributed by atoms with van der Waals surface area (Å²) < 4.78 is 18.7. The minimum Gasteiger partial charge on any atom is -0.450 e. The molecule has 2 rings (SSSR count). The van der Waals surface area contributed by atoms with Crippen molar-refractivity contribution in [1.82, 2.24) is 0 Å². The lowest BCUT2D eigenvalue weighted by molar-refractivity contribution is 0.0954. The minimum atomic E-state index is -0.431. The zero-order chi connectivity index (χ0) is 13.7. The molecule has 2 aromatic rings. The number of Topliss-reactive ketones (excluding diaryl/α,β-unsaturated/α-hetero) is 1. The third-order valence-electron chi connectivity index (χ3n) is 3.13. The first kappa shape index (κ1) is 13.7. The van der Waals surface area contributed by atoms with Gasteiger partial charge in [0, 0.05) is 11.8 Å². The van der Waals surface area contributed by atoms with Gasteiger partial charge < -0.3 is 10.2 Å². The molecule has 4 heteroatoms. The van der Waals surface area contributed by atoms with Gasteiger partial charge in [0.2, 0.25) is 0 Å². The molecule has 0 spiro atoms. The predicted octanol–water partition coefficient (Wildman–Crippen LogP) is 3.66. The number of furan rings is 1. The fourth-order valence-corrected chi connectivity index (χ4v) is 2.07. The van der Waals surface area contributed by atoms with Crippen molar-refractivity contribution in [1.29, 1.82) is 0 Å². The van der Waals surface area contributed by atoms with Gasteiger partial charge in [-0.1, -0.05) is 25.0 Å². The fraction of sp³-hybridized carbons (Fsp3) is 0.400. The van der Waals surface area contributed by atoms with Crippen molar-refractivity contribution < 1.29 is 13.6 Å². The average Bonchev–Trinajstić information content (AvgIpc) is 2.84. The second kappa shape index (κ2) is 6.48. The van der Waals surface area contributed by atoms with Crippen LogP contribution in [0.15, 0.2) is 28.7 Å². The third kappa shape index (κ3) is 3.41. The van der Waals surface area contributed by atoms with Crippen LogP contribution in [-0.2, 0) is 0 Å². The number of unbranched alkanes of at least 4 members (excludes halogenated alkanes) is 3. The fourth-order valence-electron chi connectivity index (χ4n) is 2.07. The van der Waals surface area contributed by atoms with Gasteiger partial charge in [0.15, 0.2) is 22.9 Å². The van der Waals surface area contributed by atoms with Crippen molar-refractivity contribution in [2.24, 2.45) is 5.73 Å². The predicted molar refractivity (Wildman–Crippen MR) is 72.6 cm³/mol. The van der Waals surface area contributed by atoms with E-state index in [1.54, 1.807) is 18.2 Å². The van der Waals surface area contributed by atoms with Crippen LogP contribution in [0.1, 0.15) is 42.7 Å². The Kier molecular flexibility index (Phi) is 4.68. The number of ketones is 1. The molecular formula is C15H18FNO2. The molecule has 0 atom stereocenters. The summed E-state index contributed by atoms with van der Waals surface area (Å²) in [7, 11) is 0. The molecule has 0 aliphatic carbocycles. The van der Waals surface area contributed by atoms with Crippen molar-refractivity contribution in [3.8, 4) is 0 Å². The number of carbonyl (C=O) groups is 1. The summed E-state index contributed by atoms with van der Waals surface area (Å²) in [5.74, 6) is -0.248. The molecule has 0 aliphatic rings. The number of rotatable bonds is 7. The standard InChI is InChI=1S/C15H18FNO2/c16-12-7-5-6-11-10-14(19-15(11)12)13(18)8-3-1-2-4-9-17/h5-7,10H,1-4,8-9,17H2. The third-order valence-corrected chi connectivity index (χ3v) is 3.13. The number of benzene rings is 1. The number of nitrogens with two attached hydrogens (primary N) is 1. The SMILES string of the molecule is NCCCCCCC(=O)c1cc2cccc(F)c2o1. The van der Waals surface area contributed by atoms with Gasteiger partial charge in [0.05, 0.1) is 0 Å². The van der Waals surface area contributed by atoms with E-state index in [1.165, 1.54) is 6.07 Å². The maximum Gasteiger partial charge on any atom is 0.198 e. The Morgan fingerprint density at radius 2 is 2.00 bits per heavy atom. The van der Waals surface area contributed by atoms with E-state index in [0.29, 0.717) is 18.4 Å². The summed E-state index contributed by atoms with van der Waals surface area (Å²) in [5, 5.41) is 0.631. The maximum absolute atomic E-state index is 13.4. The van der Waals surface area contributed by atoms with E-state index in [-0.39, 0.29) is 17.1 Å². The number of fused-ring (bicyclic) bond motifs is 1. The second-order valence-electron chi connectivity index (χ2n) is 4.64. The largest absolute Gasteiger partial charge is 0.450 e. The van der Waals surface area contributed by atoms with E-state index in [4.69, 9.17) is 10.2 Å². The Morgan fingerprint density at radius 1 is 1.21 bits per heavy atom. The Hall–Kier alpha value is -1.68. The average molecular weight is 263 g/mol. The van der Waals surface area contributed by atoms with E-state index in [9.17, 15) is 9.18 Å². The summed E-state index contributed by atoms with van der Waals surface area (Å²) in [6.45, 7) is 0.691. The van der Waals surface area contributed by atoms with Gasteiger partial charge in [-0.2, -0.15) is 0 Å². The van der Waals surface area contributed by atoms with Crippen molar-refractivity contribution in [2.75, 3.05) is 6.54 Å². The molecule has 2 N–H and O–H groups in total. The molecule has 0 saturated carbocycles. The quantitative estimate of drug-likeness (QED) is 0.612. The molecule has 0 aliphatic heterocycles. The highest BCUT2D eigenvalue weighted by Gasteiger charge is 2.13. The lowest BCUT2D eigenvalue weighted by Gasteiger charge is -1.98. The van der Waals surface area contributed by atoms with Gasteiger partial charge >= 0.3 is 0 Å². The van der Waals surface area contributed by atoms with Gasteiger partial charge in [-0.25, -0.2) is 4.39 Å². The summed E-state index contributed by atoms with van der Waals surface area (Å²) >= 11 is 0. The molecule has 102 valence electrons. The molecule has 1 heterocycles. The molecule has 0 unspecified atom stereocenters. The summed E-state index contributed by atoms with van der Waals surface area (Å²) in [4.78, 5) is 11.9. The Balaban J connectivity index is 1.96. The zero-order valence-corrected chi connectivity index (χ0v) is 10.8. The highest BCUT2D eigenvalue weighted by molar-refractivity contribution is 5.97. The van der Waals surface area contributed by atoms with Crippen LogP contribution < -0.4 is 5.73 Å². The van der Waals surface area contributed by atoms with E-state index in [2.05, 4.69) is 0 Å². The second-order valence-corrected chi connectivity index (χ2v) is 4.64. The minimum absolute atomic E-state index is 0.0663. The van der Waals surface area contributed by atoms with Crippen LogP contribution in [0, 0.1) is 5.82 Å². The molecule has 3 nitrogen and oxygen atoms in total. The molecule has 1 aromatic heterocycles. The van der Waals surface area contributed by atoms with Gasteiger partial charge in [0.1, 0.15) is 0 Å². The van der Waals surface area contributed by atoms with Crippen LogP contribution in [0.3, 0.4) is 0 Å². The van der Waals surface area contributed by atoms with Gasteiger partial charge in [-0.15, -0.1) is 0 Å². The van der Waals surface area contributed by atoms with Gasteiger partial charge in [-0.3, -0.25) is 4.79 Å². The smallest absolute Gasteiger partial charge is 0.198 e. The molecule has 0 bridgehead atoms. The first-order chi connectivity index (χ1) is 9.22. The molecule has 0 fully saturated rings. The summed E-state index contributed by atoms with van der Waals surface area (Å²) in [6, 6.07) is 6.28. The van der Waals surface area contributed by atoms with Gasteiger partial charge in [-0.05, 0) is 31.5 Å². The van der Waals surface area contributed by atoms with Crippen LogP contribution in [-0.4, -0.2) is 12.3 Å². The first-order valence-corrected chi connectivity index (χ1v) is 6.63. The molecule has 19 heavy (non-hydrogen) atoms. The highest BCUT2D eigenvalue weighted by Crippen LogP contribution is 2.23. The van der Waals surface area contributed by atoms with E-state index in [1.807, 2.05) is 0 Å². The number of para-hydroxylation sites is 1. The van der Waals surface area contributed by atoms with Crippen LogP contribution in [0.25, 0.3) is 11.0 Å². The molecular weight excluding hydrogens is 245 g/mol. The normalized spacial score (nSPS) is 11.1. The monoisotopic (exact) mass is 263 g/mol. The van der Waals surface area contributed by atoms with E-state index < -0.39 is 5.82 Å². The number of halogens is 1. The van der Waals surface area contributed by atoms with Gasteiger partial charge in [0.25, 0.3) is 0 Å². The molecule has 0 amide bonds. The number of hydrogen-bond donors (Lipinski definition) is 1. The van der Waals surface area contributed by atoms with E-state index >= 15 is 0 Å². The van der Waals surface area contributed by atoms with E-state index in [0.717, 1.165) is 25.7 Å². The lowest BCUT2D eigenvalue weighted by Crippen LogP contribution is -1.99. The lowest BCUT2D eigenvalue weighted by atomic mass is 10.1. The topological polar surface area (TPSA) is 56.2 Å². The van der Waals surface area contributed by atoms with Crippen LogP contribution >= 0.6 is 0 Å². The van der Waals surface area contributed by atoms with Crippen molar-refractivity contribution >= 4 is 16.8 Å². The Labute approximate surface area is 111 Å². The van der Waals surface area contributed by atoms with Crippen molar-refractivity contribution in [3.63, 3.8) is 0 Å². The van der Waals surface area contributed by atoms with Crippen LogP contribution in [0.5, 0.6) is 0 Å². The Morgan fingerprint density at radius 3 is 2.74 bits per heavy atom. The van der Waals surface area contributed by atoms with Crippen LogP contribution in [0.4, 0.5) is 4.39 Å². The van der Waals surface area contributed by atoms with Crippen molar-refractivity contribution in [2.45, 2.75) is 32.1 Å². The molecule has 0 radical (unpaired) electrons. The molecule has 1 aromatic carbocycles. The van der Waals surface area contributed by atoms with Crippen LogP contribution in [0.2, 0.25) is 0 Å². The maximum atomic E-state index is 13.4.